The van der Waals surface area contributed by atoms with E-state index < -0.39 is 0 Å². The van der Waals surface area contributed by atoms with Crippen molar-refractivity contribution in [1.29, 1.82) is 0 Å². The first-order chi connectivity index (χ1) is 8.84. The molecule has 0 aliphatic carbocycles. The van der Waals surface area contributed by atoms with Crippen LogP contribution in [0.4, 0.5) is 0 Å². The van der Waals surface area contributed by atoms with Crippen molar-refractivity contribution in [1.82, 2.24) is 0 Å². The van der Waals surface area contributed by atoms with E-state index in [0.717, 1.165) is 5.56 Å². The molecule has 0 saturated carbocycles. The second-order valence-electron chi connectivity index (χ2n) is 3.93. The van der Waals surface area contributed by atoms with Crippen molar-refractivity contribution in [3.8, 4) is 11.1 Å². The third-order valence-electron chi connectivity index (χ3n) is 2.60. The van der Waals surface area contributed by atoms with Crippen LogP contribution < -0.4 is 0 Å². The molecule has 0 spiro atoms. The molecule has 0 aromatic heterocycles. The predicted octanol–water partition coefficient (Wildman–Crippen LogP) is 7.58. The van der Waals surface area contributed by atoms with Crippen LogP contribution >= 0.6 is 69.6 Å². The third-order valence-corrected chi connectivity index (χ3v) is 5.19. The standard InChI is InChI=1S/C13H6Cl6/c1-5-2-3-6(7(14)4-5)8-9(15)11(17)13(19)12(18)10(8)16/h2-4H,1H3. The predicted molar refractivity (Wildman–Crippen MR) is 86.7 cm³/mol. The first-order valence-corrected chi connectivity index (χ1v) is 7.39. The first kappa shape index (κ1) is 15.6. The zero-order valence-corrected chi connectivity index (χ0v) is 14.0. The van der Waals surface area contributed by atoms with E-state index in [-0.39, 0.29) is 25.1 Å². The van der Waals surface area contributed by atoms with Gasteiger partial charge < -0.3 is 0 Å². The Morgan fingerprint density at radius 1 is 0.684 bits per heavy atom. The number of hydrogen-bond donors (Lipinski definition) is 0. The molecule has 0 nitrogen and oxygen atoms in total. The van der Waals surface area contributed by atoms with E-state index in [2.05, 4.69) is 0 Å². The molecule has 0 aliphatic heterocycles. The molecule has 0 radical (unpaired) electrons. The van der Waals surface area contributed by atoms with Gasteiger partial charge in [-0.1, -0.05) is 81.7 Å². The summed E-state index contributed by atoms with van der Waals surface area (Å²) < 4.78 is 0. The fraction of sp³-hybridized carbons (Fsp3) is 0.0769. The van der Waals surface area contributed by atoms with Crippen LogP contribution in [0.5, 0.6) is 0 Å². The molecule has 0 atom stereocenters. The van der Waals surface area contributed by atoms with Crippen molar-refractivity contribution < 1.29 is 0 Å². The molecule has 19 heavy (non-hydrogen) atoms. The maximum atomic E-state index is 6.22. The summed E-state index contributed by atoms with van der Waals surface area (Å²) in [6.45, 7) is 1.93. The van der Waals surface area contributed by atoms with Crippen LogP contribution in [0.2, 0.25) is 30.1 Å². The minimum atomic E-state index is 0.130. The maximum Gasteiger partial charge on any atom is 0.0809 e. The minimum absolute atomic E-state index is 0.130. The van der Waals surface area contributed by atoms with E-state index >= 15 is 0 Å². The lowest BCUT2D eigenvalue weighted by Crippen LogP contribution is -1.88. The highest BCUT2D eigenvalue weighted by molar-refractivity contribution is 6.56. The fourth-order valence-electron chi connectivity index (χ4n) is 1.66. The zero-order chi connectivity index (χ0) is 14.3. The molecule has 0 saturated heterocycles. The van der Waals surface area contributed by atoms with E-state index in [1.807, 2.05) is 19.1 Å². The molecule has 0 aliphatic rings. The van der Waals surface area contributed by atoms with Gasteiger partial charge in [0, 0.05) is 16.1 Å². The number of rotatable bonds is 1. The molecular formula is C13H6Cl6. The Morgan fingerprint density at radius 2 is 1.16 bits per heavy atom. The van der Waals surface area contributed by atoms with Crippen molar-refractivity contribution in [2.45, 2.75) is 6.92 Å². The van der Waals surface area contributed by atoms with E-state index in [1.165, 1.54) is 0 Å². The monoisotopic (exact) mass is 372 g/mol. The van der Waals surface area contributed by atoms with Gasteiger partial charge in [0.05, 0.1) is 25.1 Å². The van der Waals surface area contributed by atoms with Crippen molar-refractivity contribution in [2.75, 3.05) is 0 Å². The molecule has 0 unspecified atom stereocenters. The van der Waals surface area contributed by atoms with Crippen LogP contribution in [0.3, 0.4) is 0 Å². The summed E-state index contributed by atoms with van der Waals surface area (Å²) >= 11 is 36.7. The highest BCUT2D eigenvalue weighted by Crippen LogP contribution is 2.49. The van der Waals surface area contributed by atoms with Gasteiger partial charge in [0.1, 0.15) is 0 Å². The fourth-order valence-corrected chi connectivity index (χ4v) is 3.34. The molecule has 0 fully saturated rings. The number of benzene rings is 2. The van der Waals surface area contributed by atoms with Crippen LogP contribution in [0.1, 0.15) is 5.56 Å². The molecule has 2 rings (SSSR count). The molecule has 2 aromatic rings. The van der Waals surface area contributed by atoms with Crippen molar-refractivity contribution in [3.05, 3.63) is 53.9 Å². The lowest BCUT2D eigenvalue weighted by molar-refractivity contribution is 1.47. The summed E-state index contributed by atoms with van der Waals surface area (Å²) in [5, 5.41) is 1.41. The van der Waals surface area contributed by atoms with Crippen LogP contribution in [-0.4, -0.2) is 0 Å². The quantitative estimate of drug-likeness (QED) is 0.356. The van der Waals surface area contributed by atoms with Crippen molar-refractivity contribution in [2.24, 2.45) is 0 Å². The summed E-state index contributed by atoms with van der Waals surface area (Å²) in [6, 6.07) is 5.51. The van der Waals surface area contributed by atoms with Gasteiger partial charge in [-0.05, 0) is 18.6 Å². The summed E-state index contributed by atoms with van der Waals surface area (Å²) in [4.78, 5) is 0. The van der Waals surface area contributed by atoms with Gasteiger partial charge in [0.25, 0.3) is 0 Å². The molecule has 6 heteroatoms. The van der Waals surface area contributed by atoms with Crippen LogP contribution in [-0.2, 0) is 0 Å². The highest BCUT2D eigenvalue weighted by Gasteiger charge is 2.21. The minimum Gasteiger partial charge on any atom is -0.0837 e. The van der Waals surface area contributed by atoms with Gasteiger partial charge in [-0.25, -0.2) is 0 Å². The highest BCUT2D eigenvalue weighted by atomic mass is 35.5. The van der Waals surface area contributed by atoms with Crippen molar-refractivity contribution >= 4 is 69.6 Å². The topological polar surface area (TPSA) is 0 Å². The van der Waals surface area contributed by atoms with Gasteiger partial charge >= 0.3 is 0 Å². The summed E-state index contributed by atoms with van der Waals surface area (Å²) in [7, 11) is 0. The molecule has 2 aromatic carbocycles. The van der Waals surface area contributed by atoms with Gasteiger partial charge in [0.2, 0.25) is 0 Å². The molecule has 0 N–H and O–H groups in total. The van der Waals surface area contributed by atoms with Crippen LogP contribution in [0, 0.1) is 6.92 Å². The number of halogens is 6. The van der Waals surface area contributed by atoms with E-state index in [4.69, 9.17) is 69.6 Å². The SMILES string of the molecule is Cc1ccc(-c2c(Cl)c(Cl)c(Cl)c(Cl)c2Cl)c(Cl)c1. The van der Waals surface area contributed by atoms with Gasteiger partial charge in [0.15, 0.2) is 0 Å². The summed E-state index contributed by atoms with van der Waals surface area (Å²) in [6.07, 6.45) is 0. The molecule has 0 amide bonds. The molecule has 0 bridgehead atoms. The summed E-state index contributed by atoms with van der Waals surface area (Å²) in [5.74, 6) is 0. The van der Waals surface area contributed by atoms with E-state index in [0.29, 0.717) is 16.1 Å². The molecular weight excluding hydrogens is 369 g/mol. The Morgan fingerprint density at radius 3 is 1.63 bits per heavy atom. The van der Waals surface area contributed by atoms with E-state index in [9.17, 15) is 0 Å². The maximum absolute atomic E-state index is 6.22. The van der Waals surface area contributed by atoms with Crippen molar-refractivity contribution in [3.63, 3.8) is 0 Å². The van der Waals surface area contributed by atoms with Gasteiger partial charge in [-0.15, -0.1) is 0 Å². The second-order valence-corrected chi connectivity index (χ2v) is 6.23. The Balaban J connectivity index is 2.83. The second kappa shape index (κ2) is 5.89. The smallest absolute Gasteiger partial charge is 0.0809 e. The number of hydrogen-bond acceptors (Lipinski definition) is 0. The molecule has 100 valence electrons. The largest absolute Gasteiger partial charge is 0.0837 e. The zero-order valence-electron chi connectivity index (χ0n) is 9.50. The van der Waals surface area contributed by atoms with Crippen LogP contribution in [0.15, 0.2) is 18.2 Å². The Kier molecular flexibility index (Phi) is 4.83. The Bertz CT molecular complexity index is 634. The average Bonchev–Trinajstić information content (AvgIpc) is 2.37. The van der Waals surface area contributed by atoms with Gasteiger partial charge in [-0.3, -0.25) is 0 Å². The normalized spacial score (nSPS) is 10.9. The Hall–Kier alpha value is 0.180. The summed E-state index contributed by atoms with van der Waals surface area (Å²) in [5.41, 5.74) is 2.16. The third kappa shape index (κ3) is 2.81. The lowest BCUT2D eigenvalue weighted by atomic mass is 10.0. The van der Waals surface area contributed by atoms with Crippen LogP contribution in [0.25, 0.3) is 11.1 Å². The van der Waals surface area contributed by atoms with E-state index in [1.54, 1.807) is 6.07 Å². The van der Waals surface area contributed by atoms with Gasteiger partial charge in [-0.2, -0.15) is 0 Å². The Labute approximate surface area is 141 Å². The number of aryl methyl sites for hydroxylation is 1. The molecule has 0 heterocycles. The first-order valence-electron chi connectivity index (χ1n) is 5.12. The average molecular weight is 375 g/mol. The lowest BCUT2D eigenvalue weighted by Gasteiger charge is -2.14.